The van der Waals surface area contributed by atoms with Crippen LogP contribution in [0.25, 0.3) is 0 Å². The zero-order chi connectivity index (χ0) is 15.5. The summed E-state index contributed by atoms with van der Waals surface area (Å²) in [4.78, 5) is 13.7. The van der Waals surface area contributed by atoms with Gasteiger partial charge in [-0.1, -0.05) is 6.92 Å². The number of carbonyl (C=O) groups is 1. The Kier molecular flexibility index (Phi) is 7.46. The maximum Gasteiger partial charge on any atom is 0.393 e. The van der Waals surface area contributed by atoms with Gasteiger partial charge >= 0.3 is 6.18 Å². The summed E-state index contributed by atoms with van der Waals surface area (Å²) >= 11 is 0. The molecule has 7 heteroatoms. The molecule has 0 saturated carbocycles. The molecule has 2 heterocycles. The van der Waals surface area contributed by atoms with Gasteiger partial charge in [0.25, 0.3) is 0 Å². The minimum absolute atomic E-state index is 0. The van der Waals surface area contributed by atoms with Crippen molar-refractivity contribution in [3.63, 3.8) is 0 Å². The molecular weight excluding hydrogens is 317 g/mol. The lowest BCUT2D eigenvalue weighted by Gasteiger charge is -2.35. The summed E-state index contributed by atoms with van der Waals surface area (Å²) in [5.74, 6) is -0.677. The fraction of sp³-hybridized carbons (Fsp3) is 0.933. The number of alkyl halides is 3. The quantitative estimate of drug-likeness (QED) is 0.854. The largest absolute Gasteiger partial charge is 0.393 e. The minimum atomic E-state index is -4.18. The SMILES string of the molecule is CC(CC(=O)N1CCCC(C(F)(F)F)C1)C1CCNCC1.Cl. The molecule has 0 spiro atoms. The zero-order valence-corrected chi connectivity index (χ0v) is 13.8. The number of rotatable bonds is 3. The highest BCUT2D eigenvalue weighted by Gasteiger charge is 2.42. The Balaban J connectivity index is 0.00000242. The molecule has 0 aromatic carbocycles. The van der Waals surface area contributed by atoms with Crippen LogP contribution in [0.3, 0.4) is 0 Å². The van der Waals surface area contributed by atoms with Crippen molar-refractivity contribution in [3.05, 3.63) is 0 Å². The van der Waals surface area contributed by atoms with Gasteiger partial charge in [-0.15, -0.1) is 12.4 Å². The van der Waals surface area contributed by atoms with Gasteiger partial charge in [0.1, 0.15) is 0 Å². The van der Waals surface area contributed by atoms with Crippen LogP contribution in [0.15, 0.2) is 0 Å². The van der Waals surface area contributed by atoms with E-state index in [1.165, 1.54) is 4.90 Å². The van der Waals surface area contributed by atoms with Crippen LogP contribution in [0, 0.1) is 17.8 Å². The van der Waals surface area contributed by atoms with E-state index in [4.69, 9.17) is 0 Å². The van der Waals surface area contributed by atoms with Crippen molar-refractivity contribution in [2.24, 2.45) is 17.8 Å². The molecule has 2 atom stereocenters. The molecule has 130 valence electrons. The Morgan fingerprint density at radius 3 is 2.50 bits per heavy atom. The fourth-order valence-electron chi connectivity index (χ4n) is 3.46. The number of halogens is 4. The van der Waals surface area contributed by atoms with E-state index in [9.17, 15) is 18.0 Å². The maximum atomic E-state index is 12.8. The molecule has 1 N–H and O–H groups in total. The van der Waals surface area contributed by atoms with Gasteiger partial charge in [-0.05, 0) is 50.6 Å². The fourth-order valence-corrected chi connectivity index (χ4v) is 3.46. The Hall–Kier alpha value is -0.490. The van der Waals surface area contributed by atoms with Gasteiger partial charge in [0.15, 0.2) is 0 Å². The van der Waals surface area contributed by atoms with Gasteiger partial charge < -0.3 is 10.2 Å². The number of amides is 1. The van der Waals surface area contributed by atoms with E-state index >= 15 is 0 Å². The first-order chi connectivity index (χ1) is 9.88. The first kappa shape index (κ1) is 19.6. The lowest BCUT2D eigenvalue weighted by molar-refractivity contribution is -0.188. The van der Waals surface area contributed by atoms with Gasteiger partial charge in [-0.3, -0.25) is 4.79 Å². The second kappa shape index (κ2) is 8.39. The third-order valence-corrected chi connectivity index (χ3v) is 4.92. The first-order valence-corrected chi connectivity index (χ1v) is 7.93. The van der Waals surface area contributed by atoms with Crippen molar-refractivity contribution < 1.29 is 18.0 Å². The van der Waals surface area contributed by atoms with Crippen molar-refractivity contribution in [3.8, 4) is 0 Å². The van der Waals surface area contributed by atoms with E-state index in [1.807, 2.05) is 0 Å². The summed E-state index contributed by atoms with van der Waals surface area (Å²) in [5, 5.41) is 3.29. The van der Waals surface area contributed by atoms with E-state index in [-0.39, 0.29) is 37.2 Å². The maximum absolute atomic E-state index is 12.8. The van der Waals surface area contributed by atoms with Crippen LogP contribution in [0.1, 0.15) is 39.0 Å². The number of piperidine rings is 2. The highest BCUT2D eigenvalue weighted by atomic mass is 35.5. The summed E-state index contributed by atoms with van der Waals surface area (Å²) in [5.41, 5.74) is 0. The van der Waals surface area contributed by atoms with Crippen LogP contribution in [0.2, 0.25) is 0 Å². The van der Waals surface area contributed by atoms with Gasteiger partial charge in [0, 0.05) is 19.5 Å². The molecule has 22 heavy (non-hydrogen) atoms. The van der Waals surface area contributed by atoms with E-state index < -0.39 is 12.1 Å². The van der Waals surface area contributed by atoms with Crippen LogP contribution in [0.4, 0.5) is 13.2 Å². The Morgan fingerprint density at radius 2 is 1.91 bits per heavy atom. The van der Waals surface area contributed by atoms with E-state index in [1.54, 1.807) is 0 Å². The summed E-state index contributed by atoms with van der Waals surface area (Å²) in [6.07, 6.45) is -1.08. The van der Waals surface area contributed by atoms with Crippen molar-refractivity contribution in [2.45, 2.75) is 45.2 Å². The Bertz CT molecular complexity index is 359. The number of hydrogen-bond acceptors (Lipinski definition) is 2. The van der Waals surface area contributed by atoms with Crippen LogP contribution in [-0.2, 0) is 4.79 Å². The van der Waals surface area contributed by atoms with E-state index in [2.05, 4.69) is 12.2 Å². The van der Waals surface area contributed by atoms with Crippen molar-refractivity contribution in [1.82, 2.24) is 10.2 Å². The Morgan fingerprint density at radius 1 is 1.27 bits per heavy atom. The smallest absolute Gasteiger partial charge is 0.342 e. The molecule has 2 unspecified atom stereocenters. The van der Waals surface area contributed by atoms with Gasteiger partial charge in [0.2, 0.25) is 5.91 Å². The first-order valence-electron chi connectivity index (χ1n) is 7.93. The third-order valence-electron chi connectivity index (χ3n) is 4.92. The van der Waals surface area contributed by atoms with Crippen LogP contribution in [-0.4, -0.2) is 43.2 Å². The highest BCUT2D eigenvalue weighted by Crippen LogP contribution is 2.34. The Labute approximate surface area is 136 Å². The van der Waals surface area contributed by atoms with E-state index in [0.717, 1.165) is 25.9 Å². The molecule has 0 radical (unpaired) electrons. The number of likely N-dealkylation sites (tertiary alicyclic amines) is 1. The van der Waals surface area contributed by atoms with Crippen LogP contribution in [0.5, 0.6) is 0 Å². The number of nitrogens with zero attached hydrogens (tertiary/aromatic N) is 1. The molecule has 0 bridgehead atoms. The lowest BCUT2D eigenvalue weighted by Crippen LogP contribution is -2.45. The molecule has 0 aliphatic carbocycles. The van der Waals surface area contributed by atoms with Crippen LogP contribution >= 0.6 is 12.4 Å². The molecule has 1 amide bonds. The predicted octanol–water partition coefficient (Wildman–Crippen LogP) is 3.23. The molecule has 2 fully saturated rings. The molecule has 3 nitrogen and oxygen atoms in total. The topological polar surface area (TPSA) is 32.3 Å². The van der Waals surface area contributed by atoms with Gasteiger partial charge in [-0.25, -0.2) is 0 Å². The number of carbonyl (C=O) groups excluding carboxylic acids is 1. The van der Waals surface area contributed by atoms with Crippen molar-refractivity contribution in [1.29, 1.82) is 0 Å². The van der Waals surface area contributed by atoms with Crippen molar-refractivity contribution >= 4 is 18.3 Å². The van der Waals surface area contributed by atoms with Gasteiger partial charge in [0.05, 0.1) is 5.92 Å². The molecule has 2 rings (SSSR count). The standard InChI is InChI=1S/C15H25F3N2O.ClH/c1-11(12-4-6-19-7-5-12)9-14(21)20-8-2-3-13(10-20)15(16,17)18;/h11-13,19H,2-10H2,1H3;1H. The molecule has 2 aliphatic rings. The molecular formula is C15H26ClF3N2O. The van der Waals surface area contributed by atoms with Crippen molar-refractivity contribution in [2.75, 3.05) is 26.2 Å². The number of hydrogen-bond donors (Lipinski definition) is 1. The summed E-state index contributed by atoms with van der Waals surface area (Å²) in [6.45, 7) is 4.33. The molecule has 2 saturated heterocycles. The zero-order valence-electron chi connectivity index (χ0n) is 13.0. The second-order valence-corrected chi connectivity index (χ2v) is 6.49. The monoisotopic (exact) mass is 342 g/mol. The average Bonchev–Trinajstić information content (AvgIpc) is 2.47. The predicted molar refractivity (Wildman–Crippen MR) is 82.0 cm³/mol. The van der Waals surface area contributed by atoms with E-state index in [0.29, 0.717) is 25.3 Å². The van der Waals surface area contributed by atoms with Crippen LogP contribution < -0.4 is 5.32 Å². The average molecular weight is 343 g/mol. The molecule has 2 aliphatic heterocycles. The summed E-state index contributed by atoms with van der Waals surface area (Å²) in [7, 11) is 0. The molecule has 0 aromatic rings. The second-order valence-electron chi connectivity index (χ2n) is 6.49. The lowest BCUT2D eigenvalue weighted by atomic mass is 9.83. The highest BCUT2D eigenvalue weighted by molar-refractivity contribution is 5.85. The normalized spacial score (nSPS) is 25.5. The number of nitrogens with one attached hydrogen (secondary N) is 1. The minimum Gasteiger partial charge on any atom is -0.342 e. The summed E-state index contributed by atoms with van der Waals surface area (Å²) < 4.78 is 38.4. The van der Waals surface area contributed by atoms with Gasteiger partial charge in [-0.2, -0.15) is 13.2 Å². The third kappa shape index (κ3) is 5.30. The molecule has 0 aromatic heterocycles. The summed E-state index contributed by atoms with van der Waals surface area (Å²) in [6, 6.07) is 0.